The molecule has 1 aromatic carbocycles. The van der Waals surface area contributed by atoms with Gasteiger partial charge < -0.3 is 4.90 Å². The van der Waals surface area contributed by atoms with Gasteiger partial charge in [0.05, 0.1) is 0 Å². The maximum atomic E-state index is 4.22. The first-order chi connectivity index (χ1) is 7.74. The Bertz CT molecular complexity index is 299. The molecule has 2 heteroatoms. The molecule has 0 amide bonds. The molecule has 0 atom stereocenters. The predicted molar refractivity (Wildman–Crippen MR) is 76.8 cm³/mol. The van der Waals surface area contributed by atoms with Crippen LogP contribution in [0.2, 0.25) is 0 Å². The standard InChI is InChI=1S/C14H23NS/c1-13-8-7-9-14(12-13)15(2)10-5-3-4-6-11-16/h7-9,12,16H,3-6,10-11H2,1-2H3. The molecule has 0 aliphatic rings. The van der Waals surface area contributed by atoms with Gasteiger partial charge >= 0.3 is 0 Å². The summed E-state index contributed by atoms with van der Waals surface area (Å²) in [5, 5.41) is 0. The summed E-state index contributed by atoms with van der Waals surface area (Å²) >= 11 is 4.22. The van der Waals surface area contributed by atoms with Gasteiger partial charge in [0.15, 0.2) is 0 Å². The molecule has 0 saturated heterocycles. The number of thiol groups is 1. The lowest BCUT2D eigenvalue weighted by atomic mass is 10.2. The zero-order valence-corrected chi connectivity index (χ0v) is 11.3. The fourth-order valence-electron chi connectivity index (χ4n) is 1.81. The maximum absolute atomic E-state index is 4.22. The van der Waals surface area contributed by atoms with E-state index in [0.29, 0.717) is 0 Å². The molecule has 0 aliphatic carbocycles. The van der Waals surface area contributed by atoms with E-state index in [2.05, 4.69) is 55.8 Å². The third kappa shape index (κ3) is 4.93. The molecule has 0 aliphatic heterocycles. The largest absolute Gasteiger partial charge is 0.375 e. The molecule has 1 nitrogen and oxygen atoms in total. The van der Waals surface area contributed by atoms with Crippen molar-refractivity contribution in [1.82, 2.24) is 0 Å². The van der Waals surface area contributed by atoms with Gasteiger partial charge in [0.1, 0.15) is 0 Å². The normalized spacial score (nSPS) is 10.4. The Morgan fingerprint density at radius 1 is 1.12 bits per heavy atom. The van der Waals surface area contributed by atoms with Gasteiger partial charge in [0.2, 0.25) is 0 Å². The van der Waals surface area contributed by atoms with Crippen LogP contribution in [0.25, 0.3) is 0 Å². The van der Waals surface area contributed by atoms with Gasteiger partial charge in [-0.25, -0.2) is 0 Å². The average Bonchev–Trinajstić information content (AvgIpc) is 2.28. The first-order valence-electron chi connectivity index (χ1n) is 6.12. The van der Waals surface area contributed by atoms with Crippen molar-refractivity contribution in [1.29, 1.82) is 0 Å². The zero-order chi connectivity index (χ0) is 11.8. The van der Waals surface area contributed by atoms with E-state index in [1.165, 1.54) is 36.9 Å². The molecule has 1 rings (SSSR count). The van der Waals surface area contributed by atoms with Crippen molar-refractivity contribution in [2.45, 2.75) is 32.6 Å². The second-order valence-electron chi connectivity index (χ2n) is 4.40. The molecular weight excluding hydrogens is 214 g/mol. The highest BCUT2D eigenvalue weighted by Crippen LogP contribution is 2.15. The molecule has 0 fully saturated rings. The summed E-state index contributed by atoms with van der Waals surface area (Å²) in [4.78, 5) is 2.34. The molecule has 0 N–H and O–H groups in total. The van der Waals surface area contributed by atoms with Crippen LogP contribution in [-0.4, -0.2) is 19.3 Å². The number of hydrogen-bond donors (Lipinski definition) is 1. The van der Waals surface area contributed by atoms with Crippen molar-refractivity contribution in [3.05, 3.63) is 29.8 Å². The Morgan fingerprint density at radius 3 is 2.56 bits per heavy atom. The third-order valence-electron chi connectivity index (χ3n) is 2.84. The number of rotatable bonds is 7. The van der Waals surface area contributed by atoms with Crippen LogP contribution in [-0.2, 0) is 0 Å². The highest BCUT2D eigenvalue weighted by Gasteiger charge is 2.00. The molecule has 0 heterocycles. The summed E-state index contributed by atoms with van der Waals surface area (Å²) < 4.78 is 0. The summed E-state index contributed by atoms with van der Waals surface area (Å²) in [7, 11) is 2.17. The van der Waals surface area contributed by atoms with Crippen LogP contribution in [0, 0.1) is 6.92 Å². The summed E-state index contributed by atoms with van der Waals surface area (Å²) in [5.74, 6) is 1.02. The lowest BCUT2D eigenvalue weighted by Crippen LogP contribution is -2.18. The highest BCUT2D eigenvalue weighted by molar-refractivity contribution is 7.80. The Kier molecular flexibility index (Phi) is 6.39. The van der Waals surface area contributed by atoms with E-state index in [4.69, 9.17) is 0 Å². The molecule has 1 aromatic rings. The van der Waals surface area contributed by atoms with Gasteiger partial charge in [-0.15, -0.1) is 0 Å². The Morgan fingerprint density at radius 2 is 1.88 bits per heavy atom. The number of aryl methyl sites for hydroxylation is 1. The first kappa shape index (κ1) is 13.4. The van der Waals surface area contributed by atoms with Crippen LogP contribution in [0.3, 0.4) is 0 Å². The molecule has 0 spiro atoms. The Balaban J connectivity index is 2.27. The van der Waals surface area contributed by atoms with Crippen molar-refractivity contribution in [3.8, 4) is 0 Å². The van der Waals surface area contributed by atoms with Crippen molar-refractivity contribution in [3.63, 3.8) is 0 Å². The SMILES string of the molecule is Cc1cccc(N(C)CCCCCCS)c1. The molecule has 0 saturated carbocycles. The number of hydrogen-bond acceptors (Lipinski definition) is 2. The van der Waals surface area contributed by atoms with Gasteiger partial charge in [0, 0.05) is 19.3 Å². The smallest absolute Gasteiger partial charge is 0.0366 e. The van der Waals surface area contributed by atoms with E-state index in [9.17, 15) is 0 Å². The van der Waals surface area contributed by atoms with Crippen LogP contribution in [0.1, 0.15) is 31.2 Å². The maximum Gasteiger partial charge on any atom is 0.0366 e. The average molecular weight is 237 g/mol. The van der Waals surface area contributed by atoms with Gasteiger partial charge in [-0.1, -0.05) is 25.0 Å². The minimum atomic E-state index is 1.02. The minimum absolute atomic E-state index is 1.02. The van der Waals surface area contributed by atoms with Crippen LogP contribution >= 0.6 is 12.6 Å². The minimum Gasteiger partial charge on any atom is -0.375 e. The van der Waals surface area contributed by atoms with Crippen LogP contribution in [0.5, 0.6) is 0 Å². The van der Waals surface area contributed by atoms with Crippen molar-refractivity contribution < 1.29 is 0 Å². The van der Waals surface area contributed by atoms with Crippen LogP contribution in [0.15, 0.2) is 24.3 Å². The summed E-state index contributed by atoms with van der Waals surface area (Å²) in [5.41, 5.74) is 2.66. The van der Waals surface area contributed by atoms with E-state index >= 15 is 0 Å². The fraction of sp³-hybridized carbons (Fsp3) is 0.571. The lowest BCUT2D eigenvalue weighted by Gasteiger charge is -2.19. The van der Waals surface area contributed by atoms with Gasteiger partial charge in [-0.2, -0.15) is 12.6 Å². The molecule has 0 bridgehead atoms. The molecule has 16 heavy (non-hydrogen) atoms. The van der Waals surface area contributed by atoms with E-state index in [1.54, 1.807) is 0 Å². The topological polar surface area (TPSA) is 3.24 Å². The third-order valence-corrected chi connectivity index (χ3v) is 3.16. The second-order valence-corrected chi connectivity index (χ2v) is 4.85. The second kappa shape index (κ2) is 7.61. The van der Waals surface area contributed by atoms with Crippen LogP contribution in [0.4, 0.5) is 5.69 Å². The van der Waals surface area contributed by atoms with E-state index < -0.39 is 0 Å². The molecule has 0 aromatic heterocycles. The Labute approximate surface area is 105 Å². The quantitative estimate of drug-likeness (QED) is 0.555. The molecule has 90 valence electrons. The van der Waals surface area contributed by atoms with Crippen LogP contribution < -0.4 is 4.90 Å². The number of nitrogens with zero attached hydrogens (tertiary/aromatic N) is 1. The van der Waals surface area contributed by atoms with Crippen molar-refractivity contribution in [2.24, 2.45) is 0 Å². The molecule has 0 radical (unpaired) electrons. The van der Waals surface area contributed by atoms with Crippen molar-refractivity contribution >= 4 is 18.3 Å². The summed E-state index contributed by atoms with van der Waals surface area (Å²) in [6.07, 6.45) is 5.15. The summed E-state index contributed by atoms with van der Waals surface area (Å²) in [6, 6.07) is 8.69. The number of benzene rings is 1. The molecular formula is C14H23NS. The van der Waals surface area contributed by atoms with Gasteiger partial charge in [-0.3, -0.25) is 0 Å². The van der Waals surface area contributed by atoms with Gasteiger partial charge in [-0.05, 0) is 43.2 Å². The highest BCUT2D eigenvalue weighted by atomic mass is 32.1. The number of anilines is 1. The monoisotopic (exact) mass is 237 g/mol. The van der Waals surface area contributed by atoms with Crippen molar-refractivity contribution in [2.75, 3.05) is 24.2 Å². The Hall–Kier alpha value is -0.630. The van der Waals surface area contributed by atoms with E-state index in [0.717, 1.165) is 12.3 Å². The van der Waals surface area contributed by atoms with E-state index in [1.807, 2.05) is 0 Å². The van der Waals surface area contributed by atoms with Gasteiger partial charge in [0.25, 0.3) is 0 Å². The summed E-state index contributed by atoms with van der Waals surface area (Å²) in [6.45, 7) is 3.29. The molecule has 0 unspecified atom stereocenters. The lowest BCUT2D eigenvalue weighted by molar-refractivity contribution is 0.665. The first-order valence-corrected chi connectivity index (χ1v) is 6.76. The van der Waals surface area contributed by atoms with E-state index in [-0.39, 0.29) is 0 Å². The zero-order valence-electron chi connectivity index (χ0n) is 10.4. The fourth-order valence-corrected chi connectivity index (χ4v) is 2.03. The predicted octanol–water partition coefficient (Wildman–Crippen LogP) is 3.92. The number of unbranched alkanes of at least 4 members (excludes halogenated alkanes) is 3.